The van der Waals surface area contributed by atoms with Crippen molar-refractivity contribution in [2.45, 2.75) is 13.8 Å². The average molecular weight is 209 g/mol. The number of benzene rings is 1. The molecule has 0 heterocycles. The van der Waals surface area contributed by atoms with Gasteiger partial charge >= 0.3 is 0 Å². The summed E-state index contributed by atoms with van der Waals surface area (Å²) in [6.07, 6.45) is 1.89. The molecule has 0 atom stereocenters. The van der Waals surface area contributed by atoms with Gasteiger partial charge in [-0.05, 0) is 26.0 Å². The van der Waals surface area contributed by atoms with Gasteiger partial charge in [0.05, 0.1) is 5.02 Å². The third kappa shape index (κ3) is 2.60. The van der Waals surface area contributed by atoms with Crippen molar-refractivity contribution >= 4 is 17.4 Å². The molecule has 3 heteroatoms. The number of hydrogen-bond donors (Lipinski definition) is 1. The molecule has 0 fully saturated rings. The minimum atomic E-state index is 0.450. The van der Waals surface area contributed by atoms with Crippen molar-refractivity contribution in [2.75, 3.05) is 0 Å². The van der Waals surface area contributed by atoms with Crippen LogP contribution in [0.1, 0.15) is 19.4 Å². The van der Waals surface area contributed by atoms with Crippen molar-refractivity contribution < 1.29 is 0 Å². The first-order valence-electron chi connectivity index (χ1n) is 4.37. The second-order valence-corrected chi connectivity index (χ2v) is 3.31. The minimum Gasteiger partial charge on any atom is -0.383 e. The zero-order valence-electron chi connectivity index (χ0n) is 8.29. The lowest BCUT2D eigenvalue weighted by Crippen LogP contribution is -2.13. The van der Waals surface area contributed by atoms with Gasteiger partial charge in [0.15, 0.2) is 0 Å². The van der Waals surface area contributed by atoms with Crippen LogP contribution in [0.2, 0.25) is 5.02 Å². The fourth-order valence-corrected chi connectivity index (χ4v) is 1.22. The Kier molecular flexibility index (Phi) is 3.72. The molecule has 0 spiro atoms. The molecule has 0 saturated heterocycles. The summed E-state index contributed by atoms with van der Waals surface area (Å²) < 4.78 is 0. The van der Waals surface area contributed by atoms with Gasteiger partial charge in [0, 0.05) is 11.3 Å². The van der Waals surface area contributed by atoms with Gasteiger partial charge < -0.3 is 5.73 Å². The van der Waals surface area contributed by atoms with Crippen molar-refractivity contribution in [1.82, 2.24) is 0 Å². The molecule has 0 bridgehead atoms. The molecule has 0 saturated carbocycles. The standard InChI is InChI=1S/C11H13ClN2/c1-3-8(2)14-11(13)9-6-4-5-7-10(9)12/h3-7H,1-2H3,(H2,13,14)/b8-3+. The molecular formula is C11H13ClN2. The third-order valence-corrected chi connectivity index (χ3v) is 2.19. The molecule has 0 unspecified atom stereocenters. The Bertz CT molecular complexity index is 381. The van der Waals surface area contributed by atoms with Crippen LogP contribution in [-0.2, 0) is 0 Å². The van der Waals surface area contributed by atoms with E-state index in [0.717, 1.165) is 11.3 Å². The summed E-state index contributed by atoms with van der Waals surface area (Å²) >= 11 is 5.97. The zero-order chi connectivity index (χ0) is 10.6. The van der Waals surface area contributed by atoms with Crippen LogP contribution >= 0.6 is 11.6 Å². The molecule has 1 rings (SSSR count). The molecule has 1 aromatic rings. The molecule has 0 aliphatic rings. The molecule has 2 nitrogen and oxygen atoms in total. The van der Waals surface area contributed by atoms with E-state index in [1.54, 1.807) is 6.07 Å². The molecular weight excluding hydrogens is 196 g/mol. The first kappa shape index (κ1) is 10.8. The van der Waals surface area contributed by atoms with Crippen LogP contribution in [-0.4, -0.2) is 5.84 Å². The molecule has 1 aromatic carbocycles. The summed E-state index contributed by atoms with van der Waals surface area (Å²) in [6, 6.07) is 7.39. The summed E-state index contributed by atoms with van der Waals surface area (Å²) in [5, 5.41) is 0.623. The van der Waals surface area contributed by atoms with E-state index in [0.29, 0.717) is 10.9 Å². The normalized spacial score (nSPS) is 13.1. The number of aliphatic imine (C=N–C) groups is 1. The highest BCUT2D eigenvalue weighted by atomic mass is 35.5. The number of amidine groups is 1. The van der Waals surface area contributed by atoms with E-state index < -0.39 is 0 Å². The van der Waals surface area contributed by atoms with Gasteiger partial charge in [-0.2, -0.15) is 0 Å². The predicted molar refractivity (Wildman–Crippen MR) is 61.6 cm³/mol. The van der Waals surface area contributed by atoms with Gasteiger partial charge in [-0.15, -0.1) is 0 Å². The highest BCUT2D eigenvalue weighted by Gasteiger charge is 2.02. The monoisotopic (exact) mass is 208 g/mol. The topological polar surface area (TPSA) is 38.4 Å². The maximum atomic E-state index is 5.97. The average Bonchev–Trinajstić information content (AvgIpc) is 2.18. The number of rotatable bonds is 2. The summed E-state index contributed by atoms with van der Waals surface area (Å²) in [5.74, 6) is 0.450. The summed E-state index contributed by atoms with van der Waals surface area (Å²) in [6.45, 7) is 3.81. The maximum absolute atomic E-state index is 5.97. The fraction of sp³-hybridized carbons (Fsp3) is 0.182. The molecule has 0 radical (unpaired) electrons. The van der Waals surface area contributed by atoms with Crippen LogP contribution in [0.3, 0.4) is 0 Å². The van der Waals surface area contributed by atoms with E-state index in [9.17, 15) is 0 Å². The van der Waals surface area contributed by atoms with Crippen molar-refractivity contribution in [2.24, 2.45) is 10.7 Å². The number of nitrogens with two attached hydrogens (primary N) is 1. The first-order chi connectivity index (χ1) is 6.65. The van der Waals surface area contributed by atoms with Crippen LogP contribution in [0.25, 0.3) is 0 Å². The maximum Gasteiger partial charge on any atom is 0.132 e. The van der Waals surface area contributed by atoms with Crippen LogP contribution in [0.5, 0.6) is 0 Å². The van der Waals surface area contributed by atoms with Crippen LogP contribution in [0.4, 0.5) is 0 Å². The summed E-state index contributed by atoms with van der Waals surface area (Å²) in [7, 11) is 0. The van der Waals surface area contributed by atoms with Crippen molar-refractivity contribution in [1.29, 1.82) is 0 Å². The molecule has 0 aliphatic carbocycles. The van der Waals surface area contributed by atoms with E-state index in [2.05, 4.69) is 4.99 Å². The largest absolute Gasteiger partial charge is 0.383 e. The zero-order valence-corrected chi connectivity index (χ0v) is 9.05. The number of allylic oxidation sites excluding steroid dienone is 2. The van der Waals surface area contributed by atoms with Crippen molar-refractivity contribution in [3.05, 3.63) is 46.6 Å². The van der Waals surface area contributed by atoms with Crippen molar-refractivity contribution in [3.63, 3.8) is 0 Å². The minimum absolute atomic E-state index is 0.450. The van der Waals surface area contributed by atoms with E-state index in [-0.39, 0.29) is 0 Å². The van der Waals surface area contributed by atoms with Crippen LogP contribution in [0, 0.1) is 0 Å². The Hall–Kier alpha value is -1.28. The van der Waals surface area contributed by atoms with E-state index >= 15 is 0 Å². The van der Waals surface area contributed by atoms with Crippen LogP contribution in [0.15, 0.2) is 41.0 Å². The Morgan fingerprint density at radius 3 is 2.64 bits per heavy atom. The van der Waals surface area contributed by atoms with E-state index in [4.69, 9.17) is 17.3 Å². The lowest BCUT2D eigenvalue weighted by Gasteiger charge is -2.02. The second-order valence-electron chi connectivity index (χ2n) is 2.91. The van der Waals surface area contributed by atoms with Crippen molar-refractivity contribution in [3.8, 4) is 0 Å². The molecule has 2 N–H and O–H groups in total. The van der Waals surface area contributed by atoms with E-state index in [1.165, 1.54) is 0 Å². The highest BCUT2D eigenvalue weighted by Crippen LogP contribution is 2.14. The Morgan fingerprint density at radius 2 is 2.07 bits per heavy atom. The number of halogens is 1. The highest BCUT2D eigenvalue weighted by molar-refractivity contribution is 6.34. The lowest BCUT2D eigenvalue weighted by molar-refractivity contribution is 1.27. The third-order valence-electron chi connectivity index (χ3n) is 1.86. The van der Waals surface area contributed by atoms with Gasteiger partial charge in [-0.3, -0.25) is 0 Å². The second kappa shape index (κ2) is 4.82. The summed E-state index contributed by atoms with van der Waals surface area (Å²) in [5.41, 5.74) is 7.45. The van der Waals surface area contributed by atoms with Gasteiger partial charge in [0.2, 0.25) is 0 Å². The molecule has 0 amide bonds. The number of hydrogen-bond acceptors (Lipinski definition) is 1. The molecule has 14 heavy (non-hydrogen) atoms. The quantitative estimate of drug-likeness (QED) is 0.589. The van der Waals surface area contributed by atoms with Gasteiger partial charge in [-0.25, -0.2) is 4.99 Å². The Morgan fingerprint density at radius 1 is 1.43 bits per heavy atom. The Labute approximate surface area is 89.1 Å². The van der Waals surface area contributed by atoms with Crippen LogP contribution < -0.4 is 5.73 Å². The van der Waals surface area contributed by atoms with Gasteiger partial charge in [0.25, 0.3) is 0 Å². The smallest absolute Gasteiger partial charge is 0.132 e. The molecule has 0 aliphatic heterocycles. The Balaban J connectivity index is 3.07. The lowest BCUT2D eigenvalue weighted by atomic mass is 10.2. The molecule has 0 aromatic heterocycles. The van der Waals surface area contributed by atoms with Gasteiger partial charge in [0.1, 0.15) is 5.84 Å². The fourth-order valence-electron chi connectivity index (χ4n) is 0.984. The number of nitrogens with zero attached hydrogens (tertiary/aromatic N) is 1. The van der Waals surface area contributed by atoms with E-state index in [1.807, 2.05) is 38.1 Å². The van der Waals surface area contributed by atoms with Gasteiger partial charge in [-0.1, -0.05) is 29.8 Å². The first-order valence-corrected chi connectivity index (χ1v) is 4.75. The predicted octanol–water partition coefficient (Wildman–Crippen LogP) is 2.97. The SMILES string of the molecule is C/C=C(\C)N=C(N)c1ccccc1Cl. The summed E-state index contributed by atoms with van der Waals surface area (Å²) in [4.78, 5) is 4.20. The molecule has 74 valence electrons.